The van der Waals surface area contributed by atoms with Crippen LogP contribution in [0.3, 0.4) is 0 Å². The third kappa shape index (κ3) is 6.43. The molecule has 0 radical (unpaired) electrons. The summed E-state index contributed by atoms with van der Waals surface area (Å²) in [5.74, 6) is -0.0139. The van der Waals surface area contributed by atoms with Gasteiger partial charge in [-0.25, -0.2) is 4.79 Å². The van der Waals surface area contributed by atoms with Gasteiger partial charge in [0, 0.05) is 37.3 Å². The number of hydrogen-bond donors (Lipinski definition) is 1. The number of carbonyl (C=O) groups excluding carboxylic acids is 1. The molecule has 1 aromatic carbocycles. The SMILES string of the molecule is COC(=O)/C=C/c1ccc(OC)c(O)c1.S=S=S. The molecule has 98 valence electrons. The molecule has 0 bridgehead atoms. The van der Waals surface area contributed by atoms with Crippen LogP contribution in [0.2, 0.25) is 0 Å². The molecule has 0 fully saturated rings. The molecule has 0 aliphatic heterocycles. The molecule has 0 aromatic heterocycles. The van der Waals surface area contributed by atoms with Crippen LogP contribution < -0.4 is 4.74 Å². The van der Waals surface area contributed by atoms with Crippen LogP contribution in [-0.2, 0) is 40.8 Å². The van der Waals surface area contributed by atoms with Crippen molar-refractivity contribution in [3.8, 4) is 11.5 Å². The molecule has 0 saturated heterocycles. The minimum atomic E-state index is -0.440. The first-order valence-electron chi connectivity index (χ1n) is 4.63. The van der Waals surface area contributed by atoms with Gasteiger partial charge in [-0.3, -0.25) is 0 Å². The topological polar surface area (TPSA) is 55.8 Å². The van der Waals surface area contributed by atoms with Gasteiger partial charge in [0.25, 0.3) is 0 Å². The Morgan fingerprint density at radius 1 is 1.39 bits per heavy atom. The Morgan fingerprint density at radius 3 is 2.44 bits per heavy atom. The first-order valence-corrected chi connectivity index (χ1v) is 7.30. The van der Waals surface area contributed by atoms with Crippen molar-refractivity contribution in [1.29, 1.82) is 0 Å². The highest BCUT2D eigenvalue weighted by Crippen LogP contribution is 2.26. The second-order valence-electron chi connectivity index (χ2n) is 2.86. The summed E-state index contributed by atoms with van der Waals surface area (Å²) in [6.45, 7) is 0. The Bertz CT molecular complexity index is 465. The fourth-order valence-corrected chi connectivity index (χ4v) is 1.04. The van der Waals surface area contributed by atoms with Crippen LogP contribution in [0.4, 0.5) is 0 Å². The summed E-state index contributed by atoms with van der Waals surface area (Å²) < 4.78 is 9.32. The molecule has 0 saturated carbocycles. The molecule has 7 heteroatoms. The number of hydrogen-bond acceptors (Lipinski definition) is 6. The van der Waals surface area contributed by atoms with E-state index in [1.54, 1.807) is 18.2 Å². The number of methoxy groups -OCH3 is 2. The van der Waals surface area contributed by atoms with E-state index >= 15 is 0 Å². The highest BCUT2D eigenvalue weighted by molar-refractivity contribution is 8.37. The minimum Gasteiger partial charge on any atom is -0.504 e. The zero-order valence-electron chi connectivity index (χ0n) is 9.78. The lowest BCUT2D eigenvalue weighted by Gasteiger charge is -2.02. The maximum absolute atomic E-state index is 10.8. The molecule has 1 N–H and O–H groups in total. The summed E-state index contributed by atoms with van der Waals surface area (Å²) in [7, 11) is 3.69. The molecular formula is C11H12O4S3. The smallest absolute Gasteiger partial charge is 0.330 e. The number of benzene rings is 1. The van der Waals surface area contributed by atoms with Gasteiger partial charge in [0.1, 0.15) is 0 Å². The average molecular weight is 304 g/mol. The molecule has 0 aliphatic rings. The Kier molecular flexibility index (Phi) is 8.99. The predicted octanol–water partition coefficient (Wildman–Crippen LogP) is 1.58. The normalized spacial score (nSPS) is 9.22. The highest BCUT2D eigenvalue weighted by atomic mass is 33.1. The summed E-state index contributed by atoms with van der Waals surface area (Å²) in [5, 5.41) is 9.44. The second kappa shape index (κ2) is 9.69. The van der Waals surface area contributed by atoms with Crippen molar-refractivity contribution in [2.24, 2.45) is 0 Å². The first kappa shape index (κ1) is 16.7. The van der Waals surface area contributed by atoms with Gasteiger partial charge in [0.2, 0.25) is 0 Å². The van der Waals surface area contributed by atoms with E-state index in [0.29, 0.717) is 11.3 Å². The fraction of sp³-hybridized carbons (Fsp3) is 0.182. The molecular weight excluding hydrogens is 292 g/mol. The van der Waals surface area contributed by atoms with Crippen molar-refractivity contribution in [2.75, 3.05) is 14.2 Å². The van der Waals surface area contributed by atoms with E-state index < -0.39 is 5.97 Å². The standard InChI is InChI=1S/C11H12O4.S3/c1-14-10-5-3-8(7-9(10)12)4-6-11(13)15-2;1-3-2/h3-7,12H,1-2H3;/b6-4+;. The number of esters is 1. The van der Waals surface area contributed by atoms with Crippen LogP contribution in [0.5, 0.6) is 11.5 Å². The number of rotatable bonds is 3. The minimum absolute atomic E-state index is 0.0320. The Morgan fingerprint density at radius 2 is 2.00 bits per heavy atom. The maximum atomic E-state index is 10.8. The van der Waals surface area contributed by atoms with E-state index in [4.69, 9.17) is 4.74 Å². The lowest BCUT2D eigenvalue weighted by molar-refractivity contribution is -0.134. The van der Waals surface area contributed by atoms with E-state index in [0.717, 1.165) is 8.88 Å². The van der Waals surface area contributed by atoms with Gasteiger partial charge in [-0.05, 0) is 23.8 Å². The molecule has 18 heavy (non-hydrogen) atoms. The number of carbonyl (C=O) groups is 1. The Balaban J connectivity index is 0.000000873. The highest BCUT2D eigenvalue weighted by Gasteiger charge is 2.00. The molecule has 0 atom stereocenters. The molecule has 0 amide bonds. The zero-order chi connectivity index (χ0) is 14.0. The van der Waals surface area contributed by atoms with E-state index in [9.17, 15) is 9.90 Å². The summed E-state index contributed by atoms with van der Waals surface area (Å²) >= 11 is 8.25. The van der Waals surface area contributed by atoms with Crippen molar-refractivity contribution in [3.05, 3.63) is 29.8 Å². The number of phenols is 1. The van der Waals surface area contributed by atoms with Gasteiger partial charge in [-0.15, -0.1) is 0 Å². The molecule has 0 unspecified atom stereocenters. The largest absolute Gasteiger partial charge is 0.504 e. The molecule has 1 rings (SSSR count). The maximum Gasteiger partial charge on any atom is 0.330 e. The van der Waals surface area contributed by atoms with Crippen LogP contribution >= 0.6 is 0 Å². The second-order valence-corrected chi connectivity index (χ2v) is 4.62. The van der Waals surface area contributed by atoms with E-state index in [1.807, 2.05) is 0 Å². The summed E-state index contributed by atoms with van der Waals surface area (Å²) in [5.41, 5.74) is 0.693. The third-order valence-corrected chi connectivity index (χ3v) is 1.82. The monoisotopic (exact) mass is 304 g/mol. The third-order valence-electron chi connectivity index (χ3n) is 1.82. The molecule has 4 nitrogen and oxygen atoms in total. The first-order chi connectivity index (χ1) is 8.58. The summed E-state index contributed by atoms with van der Waals surface area (Å²) in [4.78, 5) is 10.8. The van der Waals surface area contributed by atoms with Crippen molar-refractivity contribution in [3.63, 3.8) is 0 Å². The van der Waals surface area contributed by atoms with Crippen molar-refractivity contribution < 1.29 is 19.4 Å². The fourth-order valence-electron chi connectivity index (χ4n) is 1.04. The number of ether oxygens (including phenoxy) is 2. The van der Waals surface area contributed by atoms with E-state index in [2.05, 4.69) is 27.1 Å². The van der Waals surface area contributed by atoms with Crippen LogP contribution in [0.1, 0.15) is 5.56 Å². The van der Waals surface area contributed by atoms with Gasteiger partial charge in [-0.1, -0.05) is 6.07 Å². The van der Waals surface area contributed by atoms with Gasteiger partial charge >= 0.3 is 5.97 Å². The molecule has 0 heterocycles. The van der Waals surface area contributed by atoms with Gasteiger partial charge in [0.05, 0.1) is 14.2 Å². The molecule has 1 aromatic rings. The van der Waals surface area contributed by atoms with Crippen molar-refractivity contribution >= 4 is 43.3 Å². The molecule has 0 aliphatic carbocycles. The average Bonchev–Trinajstić information content (AvgIpc) is 2.37. The van der Waals surface area contributed by atoms with Crippen molar-refractivity contribution in [2.45, 2.75) is 0 Å². The quantitative estimate of drug-likeness (QED) is 0.676. The van der Waals surface area contributed by atoms with Crippen LogP contribution in [0.25, 0.3) is 6.08 Å². The number of aromatic hydroxyl groups is 1. The van der Waals surface area contributed by atoms with Crippen LogP contribution in [-0.4, -0.2) is 25.3 Å². The summed E-state index contributed by atoms with van der Waals surface area (Å²) in [6.07, 6.45) is 2.83. The van der Waals surface area contributed by atoms with E-state index in [-0.39, 0.29) is 5.75 Å². The van der Waals surface area contributed by atoms with Crippen LogP contribution in [0, 0.1) is 0 Å². The van der Waals surface area contributed by atoms with E-state index in [1.165, 1.54) is 26.4 Å². The molecule has 0 spiro atoms. The predicted molar refractivity (Wildman–Crippen MR) is 77.8 cm³/mol. The van der Waals surface area contributed by atoms with Crippen LogP contribution in [0.15, 0.2) is 24.3 Å². The Hall–Kier alpha value is -1.31. The van der Waals surface area contributed by atoms with Gasteiger partial charge < -0.3 is 14.6 Å². The van der Waals surface area contributed by atoms with Crippen molar-refractivity contribution in [1.82, 2.24) is 0 Å². The lowest BCUT2D eigenvalue weighted by Crippen LogP contribution is -1.93. The van der Waals surface area contributed by atoms with Gasteiger partial charge in [-0.2, -0.15) is 0 Å². The number of phenolic OH excluding ortho intramolecular Hbond substituents is 1. The Labute approximate surface area is 118 Å². The van der Waals surface area contributed by atoms with Gasteiger partial charge in [0.15, 0.2) is 11.5 Å². The summed E-state index contributed by atoms with van der Waals surface area (Å²) in [6, 6.07) is 4.84. The zero-order valence-corrected chi connectivity index (χ0v) is 12.2. The lowest BCUT2D eigenvalue weighted by atomic mass is 10.2.